The van der Waals surface area contributed by atoms with Gasteiger partial charge in [0.15, 0.2) is 11.5 Å². The van der Waals surface area contributed by atoms with Crippen LogP contribution < -0.4 is 4.74 Å². The Balaban J connectivity index is 2.26. The molecule has 0 spiro atoms. The molecule has 0 aromatic carbocycles. The van der Waals surface area contributed by atoms with Gasteiger partial charge in [-0.3, -0.25) is 9.48 Å². The van der Waals surface area contributed by atoms with E-state index in [0.29, 0.717) is 21.9 Å². The van der Waals surface area contributed by atoms with Crippen molar-refractivity contribution in [2.45, 2.75) is 49.5 Å². The quantitative estimate of drug-likeness (QED) is 0.798. The van der Waals surface area contributed by atoms with Crippen molar-refractivity contribution < 1.29 is 9.53 Å². The number of hydrogen-bond acceptors (Lipinski definition) is 5. The van der Waals surface area contributed by atoms with Crippen molar-refractivity contribution in [3.05, 3.63) is 11.9 Å². The molecule has 3 atom stereocenters. The largest absolute Gasteiger partial charge is 0.493 e. The maximum atomic E-state index is 12.8. The Morgan fingerprint density at radius 3 is 2.70 bits per heavy atom. The van der Waals surface area contributed by atoms with E-state index in [2.05, 4.69) is 18.9 Å². The lowest BCUT2D eigenvalue weighted by atomic mass is 10.2. The smallest absolute Gasteiger partial charge is 0.198 e. The third-order valence-corrected chi connectivity index (χ3v) is 6.94. The van der Waals surface area contributed by atoms with E-state index in [4.69, 9.17) is 4.74 Å². The van der Waals surface area contributed by atoms with Gasteiger partial charge in [-0.1, -0.05) is 13.8 Å². The zero-order valence-electron chi connectivity index (χ0n) is 12.6. The van der Waals surface area contributed by atoms with Crippen molar-refractivity contribution in [1.82, 2.24) is 9.78 Å². The van der Waals surface area contributed by atoms with E-state index in [1.165, 1.54) is 0 Å². The van der Waals surface area contributed by atoms with Crippen LogP contribution in [0.2, 0.25) is 0 Å². The van der Waals surface area contributed by atoms with Crippen LogP contribution in [0.1, 0.15) is 44.2 Å². The molecule has 4 nitrogen and oxygen atoms in total. The Morgan fingerprint density at radius 1 is 1.45 bits per heavy atom. The minimum atomic E-state index is -0.00528. The van der Waals surface area contributed by atoms with Crippen molar-refractivity contribution in [1.29, 1.82) is 0 Å². The van der Waals surface area contributed by atoms with Gasteiger partial charge in [-0.15, -0.1) is 11.8 Å². The molecule has 20 heavy (non-hydrogen) atoms. The first kappa shape index (κ1) is 15.8. The van der Waals surface area contributed by atoms with Crippen molar-refractivity contribution in [2.75, 3.05) is 12.9 Å². The Kier molecular flexibility index (Phi) is 5.07. The van der Waals surface area contributed by atoms with Crippen molar-refractivity contribution in [3.63, 3.8) is 0 Å². The molecule has 1 fully saturated rings. The monoisotopic (exact) mass is 314 g/mol. The van der Waals surface area contributed by atoms with Crippen LogP contribution in [-0.4, -0.2) is 44.2 Å². The van der Waals surface area contributed by atoms with Crippen LogP contribution >= 0.6 is 23.5 Å². The molecule has 2 heterocycles. The standard InChI is InChI=1S/C14H22N2O2S2/c1-8(2)16-13(11(18-5)6-15-16)14(17)12-7-19-9(3)10(4)20-12/h6,8-10,12H,7H2,1-5H3. The average Bonchev–Trinajstić information content (AvgIpc) is 2.85. The number of hydrogen-bond donors (Lipinski definition) is 0. The van der Waals surface area contributed by atoms with Crippen molar-refractivity contribution >= 4 is 29.3 Å². The van der Waals surface area contributed by atoms with E-state index in [0.717, 1.165) is 5.75 Å². The Hall–Kier alpha value is -0.620. The highest BCUT2D eigenvalue weighted by Gasteiger charge is 2.34. The normalized spacial score (nSPS) is 26.8. The lowest BCUT2D eigenvalue weighted by Gasteiger charge is -2.30. The van der Waals surface area contributed by atoms with Crippen molar-refractivity contribution in [3.8, 4) is 5.75 Å². The van der Waals surface area contributed by atoms with Crippen molar-refractivity contribution in [2.24, 2.45) is 0 Å². The average molecular weight is 314 g/mol. The maximum absolute atomic E-state index is 12.8. The van der Waals surface area contributed by atoms with Gasteiger partial charge in [0.05, 0.1) is 18.6 Å². The lowest BCUT2D eigenvalue weighted by molar-refractivity contribution is 0.0979. The molecule has 0 N–H and O–H groups in total. The molecule has 0 bridgehead atoms. The van der Waals surface area contributed by atoms with E-state index >= 15 is 0 Å². The second-order valence-electron chi connectivity index (χ2n) is 5.33. The van der Waals surface area contributed by atoms with E-state index < -0.39 is 0 Å². The molecule has 112 valence electrons. The van der Waals surface area contributed by atoms with Crippen LogP contribution in [0.15, 0.2) is 6.20 Å². The molecule has 1 saturated heterocycles. The third kappa shape index (κ3) is 3.01. The summed E-state index contributed by atoms with van der Waals surface area (Å²) < 4.78 is 7.09. The molecule has 3 unspecified atom stereocenters. The molecule has 6 heteroatoms. The summed E-state index contributed by atoms with van der Waals surface area (Å²) in [5.41, 5.74) is 0.613. The summed E-state index contributed by atoms with van der Waals surface area (Å²) >= 11 is 3.65. The molecule has 0 saturated carbocycles. The molecule has 0 aliphatic carbocycles. The van der Waals surface area contributed by atoms with Gasteiger partial charge in [0, 0.05) is 22.3 Å². The number of ether oxygens (including phenoxy) is 1. The summed E-state index contributed by atoms with van der Waals surface area (Å²) in [6, 6.07) is 0.149. The van der Waals surface area contributed by atoms with E-state index in [9.17, 15) is 4.79 Å². The summed E-state index contributed by atoms with van der Waals surface area (Å²) in [6.45, 7) is 8.47. The van der Waals surface area contributed by atoms with E-state index in [1.54, 1.807) is 29.8 Å². The zero-order chi connectivity index (χ0) is 14.9. The summed E-state index contributed by atoms with van der Waals surface area (Å²) in [7, 11) is 1.59. The fourth-order valence-electron chi connectivity index (χ4n) is 2.20. The molecule has 0 amide bonds. The van der Waals surface area contributed by atoms with Gasteiger partial charge in [0.1, 0.15) is 5.69 Å². The first-order chi connectivity index (χ1) is 9.45. The fraction of sp³-hybridized carbons (Fsp3) is 0.714. The molecular weight excluding hydrogens is 292 g/mol. The lowest BCUT2D eigenvalue weighted by Crippen LogP contribution is -2.33. The van der Waals surface area contributed by atoms with Gasteiger partial charge in [-0.2, -0.15) is 16.9 Å². The number of rotatable bonds is 4. The summed E-state index contributed by atoms with van der Waals surface area (Å²) in [4.78, 5) is 12.8. The highest BCUT2D eigenvalue weighted by molar-refractivity contribution is 8.08. The van der Waals surface area contributed by atoms with Crippen LogP contribution in [0.4, 0.5) is 0 Å². The molecular formula is C14H22N2O2S2. The molecule has 1 aliphatic rings. The van der Waals surface area contributed by atoms with Crippen LogP contribution in [-0.2, 0) is 0 Å². The molecule has 1 aromatic heterocycles. The van der Waals surface area contributed by atoms with Crippen LogP contribution in [0.25, 0.3) is 0 Å². The van der Waals surface area contributed by atoms with Gasteiger partial charge >= 0.3 is 0 Å². The SMILES string of the molecule is COc1cnn(C(C)C)c1C(=O)C1CSC(C)C(C)S1. The van der Waals surface area contributed by atoms with Gasteiger partial charge in [0.2, 0.25) is 0 Å². The number of carbonyl (C=O) groups excluding carboxylic acids is 1. The predicted molar refractivity (Wildman–Crippen MR) is 86.3 cm³/mol. The first-order valence-electron chi connectivity index (χ1n) is 6.88. The minimum Gasteiger partial charge on any atom is -0.493 e. The number of aromatic nitrogens is 2. The predicted octanol–water partition coefficient (Wildman–Crippen LogP) is 3.28. The summed E-state index contributed by atoms with van der Waals surface area (Å²) in [6.07, 6.45) is 1.64. The van der Waals surface area contributed by atoms with Crippen LogP contribution in [0, 0.1) is 0 Å². The maximum Gasteiger partial charge on any atom is 0.198 e. The first-order valence-corrected chi connectivity index (χ1v) is 8.87. The van der Waals surface area contributed by atoms with Gasteiger partial charge in [-0.25, -0.2) is 0 Å². The summed E-state index contributed by atoms with van der Waals surface area (Å²) in [5.74, 6) is 1.59. The van der Waals surface area contributed by atoms with Gasteiger partial charge in [-0.05, 0) is 13.8 Å². The molecule has 1 aliphatic heterocycles. The molecule has 0 radical (unpaired) electrons. The Bertz CT molecular complexity index is 488. The number of Topliss-reactive ketones (excluding diaryl/α,β-unsaturated/α-hetero) is 1. The second kappa shape index (κ2) is 6.43. The van der Waals surface area contributed by atoms with Crippen LogP contribution in [0.5, 0.6) is 5.75 Å². The Labute approximate surface area is 129 Å². The number of thioether (sulfide) groups is 2. The zero-order valence-corrected chi connectivity index (χ0v) is 14.3. The molecule has 2 rings (SSSR count). The van der Waals surface area contributed by atoms with E-state index in [1.807, 2.05) is 25.6 Å². The third-order valence-electron chi connectivity index (χ3n) is 3.55. The minimum absolute atomic E-state index is 0.00528. The number of methoxy groups -OCH3 is 1. The highest BCUT2D eigenvalue weighted by atomic mass is 32.2. The van der Waals surface area contributed by atoms with Gasteiger partial charge < -0.3 is 4.74 Å². The molecule has 1 aromatic rings. The topological polar surface area (TPSA) is 44.1 Å². The van der Waals surface area contributed by atoms with Gasteiger partial charge in [0.25, 0.3) is 0 Å². The number of carbonyl (C=O) groups is 1. The summed E-state index contributed by atoms with van der Waals surface area (Å²) in [5, 5.41) is 5.37. The van der Waals surface area contributed by atoms with Crippen LogP contribution in [0.3, 0.4) is 0 Å². The van der Waals surface area contributed by atoms with E-state index in [-0.39, 0.29) is 17.1 Å². The fourth-order valence-corrected chi connectivity index (χ4v) is 5.05. The number of ketones is 1. The second-order valence-corrected chi connectivity index (χ2v) is 8.33. The number of nitrogens with zero attached hydrogens (tertiary/aromatic N) is 2. The highest BCUT2D eigenvalue weighted by Crippen LogP contribution is 2.38. The Morgan fingerprint density at radius 2 is 2.15 bits per heavy atom.